The van der Waals surface area contributed by atoms with Crippen molar-refractivity contribution in [1.29, 1.82) is 0 Å². The van der Waals surface area contributed by atoms with Crippen molar-refractivity contribution in [3.05, 3.63) is 35.9 Å². The van der Waals surface area contributed by atoms with Crippen LogP contribution in [0.15, 0.2) is 30.3 Å². The molecule has 1 aliphatic rings. The van der Waals surface area contributed by atoms with Crippen molar-refractivity contribution in [1.82, 2.24) is 4.98 Å². The fourth-order valence-corrected chi connectivity index (χ4v) is 2.63. The predicted octanol–water partition coefficient (Wildman–Crippen LogP) is 1.86. The Balaban J connectivity index is 2.06. The number of aromatic carboxylic acids is 1. The first-order chi connectivity index (χ1) is 9.65. The van der Waals surface area contributed by atoms with Crippen molar-refractivity contribution in [3.63, 3.8) is 0 Å². The van der Waals surface area contributed by atoms with Gasteiger partial charge >= 0.3 is 5.97 Å². The van der Waals surface area contributed by atoms with Gasteiger partial charge in [-0.05, 0) is 25.0 Å². The number of fused-ring (bicyclic) bond motifs is 1. The molecule has 1 aromatic heterocycles. The summed E-state index contributed by atoms with van der Waals surface area (Å²) in [6.07, 6.45) is 1.83. The molecule has 104 valence electrons. The molecule has 3 N–H and O–H groups in total. The van der Waals surface area contributed by atoms with Crippen LogP contribution in [0.1, 0.15) is 23.2 Å². The van der Waals surface area contributed by atoms with Crippen molar-refractivity contribution in [2.45, 2.75) is 18.9 Å². The van der Waals surface area contributed by atoms with E-state index in [1.807, 2.05) is 18.2 Å². The molecule has 1 saturated heterocycles. The summed E-state index contributed by atoms with van der Waals surface area (Å²) < 4.78 is 0. The van der Waals surface area contributed by atoms with E-state index in [-0.39, 0.29) is 6.04 Å². The second-order valence-electron chi connectivity index (χ2n) is 5.17. The minimum atomic E-state index is -0.918. The number of rotatable bonds is 2. The minimum Gasteiger partial charge on any atom is -0.478 e. The lowest BCUT2D eigenvalue weighted by molar-refractivity contribution is 0.0699. The van der Waals surface area contributed by atoms with Crippen LogP contribution in [0.4, 0.5) is 5.82 Å². The summed E-state index contributed by atoms with van der Waals surface area (Å²) in [5, 5.41) is 10.1. The van der Waals surface area contributed by atoms with Gasteiger partial charge in [0.15, 0.2) is 0 Å². The van der Waals surface area contributed by atoms with Crippen LogP contribution in [0, 0.1) is 0 Å². The third-order valence-corrected chi connectivity index (χ3v) is 3.80. The highest BCUT2D eigenvalue weighted by atomic mass is 16.4. The van der Waals surface area contributed by atoms with Gasteiger partial charge in [0.1, 0.15) is 5.82 Å². The second kappa shape index (κ2) is 5.09. The number of hydrogen-bond donors (Lipinski definition) is 2. The first-order valence-electron chi connectivity index (χ1n) is 6.79. The largest absolute Gasteiger partial charge is 0.478 e. The van der Waals surface area contributed by atoms with Crippen LogP contribution < -0.4 is 10.6 Å². The zero-order chi connectivity index (χ0) is 14.1. The van der Waals surface area contributed by atoms with Crippen LogP contribution in [0.5, 0.6) is 0 Å². The summed E-state index contributed by atoms with van der Waals surface area (Å²) in [6.45, 7) is 1.65. The van der Waals surface area contributed by atoms with Gasteiger partial charge in [-0.3, -0.25) is 0 Å². The summed E-state index contributed by atoms with van der Waals surface area (Å²) in [5.41, 5.74) is 6.93. The Morgan fingerprint density at radius 1 is 1.30 bits per heavy atom. The molecule has 1 aromatic carbocycles. The van der Waals surface area contributed by atoms with Crippen molar-refractivity contribution in [2.24, 2.45) is 5.73 Å². The van der Waals surface area contributed by atoms with Crippen LogP contribution in [-0.4, -0.2) is 35.2 Å². The summed E-state index contributed by atoms with van der Waals surface area (Å²) in [7, 11) is 0. The fraction of sp³-hybridized carbons (Fsp3) is 0.333. The number of hydrogen-bond acceptors (Lipinski definition) is 4. The van der Waals surface area contributed by atoms with Gasteiger partial charge in [0.05, 0.1) is 11.1 Å². The van der Waals surface area contributed by atoms with Crippen LogP contribution in [0.2, 0.25) is 0 Å². The Hall–Kier alpha value is -2.14. The SMILES string of the molecule is NC1CCN(c2cc(C(=O)O)c3ccccc3n2)CC1. The van der Waals surface area contributed by atoms with E-state index < -0.39 is 5.97 Å². The van der Waals surface area contributed by atoms with Gasteiger partial charge in [-0.2, -0.15) is 0 Å². The molecular weight excluding hydrogens is 254 g/mol. The average molecular weight is 271 g/mol. The zero-order valence-electron chi connectivity index (χ0n) is 11.1. The molecule has 0 radical (unpaired) electrons. The number of para-hydroxylation sites is 1. The second-order valence-corrected chi connectivity index (χ2v) is 5.17. The van der Waals surface area contributed by atoms with Crippen LogP contribution in [-0.2, 0) is 0 Å². The standard InChI is InChI=1S/C15H17N3O2/c16-10-5-7-18(8-6-10)14-9-12(15(19)20)11-3-1-2-4-13(11)17-14/h1-4,9-10H,5-8,16H2,(H,19,20). The normalized spacial score (nSPS) is 16.6. The fourth-order valence-electron chi connectivity index (χ4n) is 2.63. The first-order valence-corrected chi connectivity index (χ1v) is 6.79. The third kappa shape index (κ3) is 2.32. The molecule has 1 aliphatic heterocycles. The maximum Gasteiger partial charge on any atom is 0.336 e. The monoisotopic (exact) mass is 271 g/mol. The Kier molecular flexibility index (Phi) is 3.28. The minimum absolute atomic E-state index is 0.241. The van der Waals surface area contributed by atoms with Crippen LogP contribution >= 0.6 is 0 Å². The van der Waals surface area contributed by atoms with E-state index in [0.717, 1.165) is 37.3 Å². The molecule has 0 amide bonds. The van der Waals surface area contributed by atoms with Crippen LogP contribution in [0.3, 0.4) is 0 Å². The van der Waals surface area contributed by atoms with E-state index in [9.17, 15) is 9.90 Å². The van der Waals surface area contributed by atoms with Crippen LogP contribution in [0.25, 0.3) is 10.9 Å². The quantitative estimate of drug-likeness (QED) is 0.871. The smallest absolute Gasteiger partial charge is 0.336 e. The van der Waals surface area contributed by atoms with E-state index in [4.69, 9.17) is 5.73 Å². The number of benzene rings is 1. The molecule has 5 nitrogen and oxygen atoms in total. The van der Waals surface area contributed by atoms with E-state index in [0.29, 0.717) is 10.9 Å². The Bertz CT molecular complexity index is 649. The maximum absolute atomic E-state index is 11.4. The van der Waals surface area contributed by atoms with Gasteiger partial charge in [0.25, 0.3) is 0 Å². The number of nitrogens with zero attached hydrogens (tertiary/aromatic N) is 2. The van der Waals surface area contributed by atoms with E-state index in [1.165, 1.54) is 0 Å². The molecule has 2 heterocycles. The van der Waals surface area contributed by atoms with Crippen molar-refractivity contribution >= 4 is 22.7 Å². The van der Waals surface area contributed by atoms with Gasteiger partial charge in [0.2, 0.25) is 0 Å². The van der Waals surface area contributed by atoms with Crippen molar-refractivity contribution in [2.75, 3.05) is 18.0 Å². The number of piperidine rings is 1. The number of pyridine rings is 1. The highest BCUT2D eigenvalue weighted by Crippen LogP contribution is 2.25. The lowest BCUT2D eigenvalue weighted by atomic mass is 10.0. The first kappa shape index (κ1) is 12.9. The van der Waals surface area contributed by atoms with E-state index in [2.05, 4.69) is 9.88 Å². The molecule has 0 saturated carbocycles. The summed E-state index contributed by atoms with van der Waals surface area (Å²) >= 11 is 0. The summed E-state index contributed by atoms with van der Waals surface area (Å²) in [5.74, 6) is -0.188. The molecule has 0 aliphatic carbocycles. The van der Waals surface area contributed by atoms with Gasteiger partial charge in [-0.15, -0.1) is 0 Å². The number of nitrogens with two attached hydrogens (primary N) is 1. The molecule has 0 atom stereocenters. The lowest BCUT2D eigenvalue weighted by Gasteiger charge is -2.31. The Morgan fingerprint density at radius 2 is 2.00 bits per heavy atom. The number of carbonyl (C=O) groups is 1. The molecule has 0 unspecified atom stereocenters. The summed E-state index contributed by atoms with van der Waals surface area (Å²) in [4.78, 5) is 18.1. The third-order valence-electron chi connectivity index (χ3n) is 3.80. The number of carboxylic acid groups (broad SMARTS) is 1. The van der Waals surface area contributed by atoms with Gasteiger partial charge in [-0.1, -0.05) is 18.2 Å². The average Bonchev–Trinajstić information content (AvgIpc) is 2.46. The molecule has 1 fully saturated rings. The topological polar surface area (TPSA) is 79.5 Å². The van der Waals surface area contributed by atoms with Gasteiger partial charge in [0, 0.05) is 24.5 Å². The number of anilines is 1. The molecule has 0 bridgehead atoms. The van der Waals surface area contributed by atoms with Crippen molar-refractivity contribution < 1.29 is 9.90 Å². The van der Waals surface area contributed by atoms with Gasteiger partial charge < -0.3 is 15.7 Å². The lowest BCUT2D eigenvalue weighted by Crippen LogP contribution is -2.40. The molecule has 2 aromatic rings. The number of aromatic nitrogens is 1. The molecule has 5 heteroatoms. The maximum atomic E-state index is 11.4. The summed E-state index contributed by atoms with van der Waals surface area (Å²) in [6, 6.07) is 9.25. The predicted molar refractivity (Wildman–Crippen MR) is 78.1 cm³/mol. The van der Waals surface area contributed by atoms with E-state index in [1.54, 1.807) is 12.1 Å². The molecule has 20 heavy (non-hydrogen) atoms. The molecule has 0 spiro atoms. The van der Waals surface area contributed by atoms with E-state index >= 15 is 0 Å². The highest BCUT2D eigenvalue weighted by Gasteiger charge is 2.20. The molecular formula is C15H17N3O2. The number of carboxylic acids is 1. The van der Waals surface area contributed by atoms with Gasteiger partial charge in [-0.25, -0.2) is 9.78 Å². The Morgan fingerprint density at radius 3 is 2.70 bits per heavy atom. The Labute approximate surface area is 117 Å². The highest BCUT2D eigenvalue weighted by molar-refractivity contribution is 6.03. The molecule has 3 rings (SSSR count). The zero-order valence-corrected chi connectivity index (χ0v) is 11.1. The van der Waals surface area contributed by atoms with Crippen molar-refractivity contribution in [3.8, 4) is 0 Å².